The summed E-state index contributed by atoms with van der Waals surface area (Å²) in [5, 5.41) is 16.1. The van der Waals surface area contributed by atoms with Crippen molar-refractivity contribution in [2.24, 2.45) is 0 Å². The molecule has 0 bridgehead atoms. The van der Waals surface area contributed by atoms with Gasteiger partial charge in [0.25, 0.3) is 0 Å². The fraction of sp³-hybridized carbons (Fsp3) is 0.286. The third-order valence-electron chi connectivity index (χ3n) is 9.01. The summed E-state index contributed by atoms with van der Waals surface area (Å²) in [7, 11) is 0. The summed E-state index contributed by atoms with van der Waals surface area (Å²) in [5.74, 6) is 0.575. The molecule has 0 radical (unpaired) electrons. The van der Waals surface area contributed by atoms with Gasteiger partial charge in [-0.05, 0) is 71.0 Å². The molecule has 0 spiro atoms. The average Bonchev–Trinajstić information content (AvgIpc) is 3.20. The standard InChI is InChI=1S/C42H45N5O5S/c43-36-13-4-5-14-37(36)47-40(50)16-3-1-2-15-39(49)46-26-30-9-6-10-32(23-30)33-11-7-12-34(24-33)41-51-35(28-53-42-44-21-8-22-45-42)25-38(52-41)31-19-17-29(27-48)18-20-31/h4-14,17-24,35,38,41,48H,1-3,15-16,25-28,43H2,(H,46,49)(H,47,50)/t35-,38+,41+/m1/s1. The minimum absolute atomic E-state index is 0.0101. The van der Waals surface area contributed by atoms with Crippen LogP contribution in [0.15, 0.2) is 121 Å². The molecule has 2 heterocycles. The van der Waals surface area contributed by atoms with E-state index < -0.39 is 6.29 Å². The zero-order chi connectivity index (χ0) is 36.8. The summed E-state index contributed by atoms with van der Waals surface area (Å²) in [6.45, 7) is 0.410. The minimum Gasteiger partial charge on any atom is -0.397 e. The van der Waals surface area contributed by atoms with Crippen molar-refractivity contribution in [1.29, 1.82) is 0 Å². The van der Waals surface area contributed by atoms with E-state index in [1.165, 1.54) is 0 Å². The van der Waals surface area contributed by atoms with E-state index in [0.29, 0.717) is 60.9 Å². The van der Waals surface area contributed by atoms with Crippen LogP contribution in [0.5, 0.6) is 0 Å². The SMILES string of the molecule is Nc1ccccc1NC(=O)CCCCCC(=O)NCc1cccc(-c2cccc([C@H]3O[C@@H](CSc4ncccn4)C[C@@H](c4ccc(CO)cc4)O3)c2)c1. The van der Waals surface area contributed by atoms with E-state index >= 15 is 0 Å². The first-order valence-electron chi connectivity index (χ1n) is 17.9. The lowest BCUT2D eigenvalue weighted by atomic mass is 9.99. The molecule has 5 N–H and O–H groups in total. The van der Waals surface area contributed by atoms with Crippen LogP contribution >= 0.6 is 11.8 Å². The topological polar surface area (TPSA) is 149 Å². The van der Waals surface area contributed by atoms with Gasteiger partial charge in [0.2, 0.25) is 11.8 Å². The van der Waals surface area contributed by atoms with E-state index in [1.807, 2.05) is 60.7 Å². The molecule has 1 fully saturated rings. The molecule has 1 aliphatic rings. The van der Waals surface area contributed by atoms with Crippen LogP contribution in [-0.2, 0) is 32.2 Å². The van der Waals surface area contributed by atoms with Gasteiger partial charge < -0.3 is 30.9 Å². The lowest BCUT2D eigenvalue weighted by Crippen LogP contribution is -2.31. The highest BCUT2D eigenvalue weighted by Gasteiger charge is 2.32. The fourth-order valence-corrected chi connectivity index (χ4v) is 6.96. The summed E-state index contributed by atoms with van der Waals surface area (Å²) in [6, 6.07) is 33.2. The van der Waals surface area contributed by atoms with Crippen molar-refractivity contribution in [1.82, 2.24) is 15.3 Å². The molecule has 5 aromatic rings. The largest absolute Gasteiger partial charge is 0.397 e. The number of nitrogens with zero attached hydrogens (tertiary/aromatic N) is 2. The summed E-state index contributed by atoms with van der Waals surface area (Å²) in [5.41, 5.74) is 12.9. The molecular weight excluding hydrogens is 687 g/mol. The number of anilines is 2. The molecular formula is C42H45N5O5S. The number of amides is 2. The highest BCUT2D eigenvalue weighted by Crippen LogP contribution is 2.40. The first-order valence-corrected chi connectivity index (χ1v) is 18.9. The van der Waals surface area contributed by atoms with Gasteiger partial charge in [0.15, 0.2) is 11.4 Å². The highest BCUT2D eigenvalue weighted by atomic mass is 32.2. The van der Waals surface area contributed by atoms with E-state index in [9.17, 15) is 14.7 Å². The van der Waals surface area contributed by atoms with Crippen LogP contribution < -0.4 is 16.4 Å². The van der Waals surface area contributed by atoms with Gasteiger partial charge in [0.1, 0.15) is 0 Å². The van der Waals surface area contributed by atoms with E-state index in [4.69, 9.17) is 15.2 Å². The van der Waals surface area contributed by atoms with E-state index in [-0.39, 0.29) is 30.6 Å². The predicted octanol–water partition coefficient (Wildman–Crippen LogP) is 7.76. The Bertz CT molecular complexity index is 1940. The average molecular weight is 732 g/mol. The number of rotatable bonds is 16. The number of para-hydroxylation sites is 2. The number of hydrogen-bond acceptors (Lipinski definition) is 9. The summed E-state index contributed by atoms with van der Waals surface area (Å²) in [6.07, 6.45) is 6.22. The van der Waals surface area contributed by atoms with Gasteiger partial charge >= 0.3 is 0 Å². The predicted molar refractivity (Wildman–Crippen MR) is 207 cm³/mol. The Morgan fingerprint density at radius 3 is 2.28 bits per heavy atom. The molecule has 3 atom stereocenters. The quantitative estimate of drug-likeness (QED) is 0.0346. The molecule has 4 aromatic carbocycles. The number of nitrogens with one attached hydrogen (secondary N) is 2. The number of thioether (sulfide) groups is 1. The summed E-state index contributed by atoms with van der Waals surface area (Å²) in [4.78, 5) is 33.6. The smallest absolute Gasteiger partial charge is 0.224 e. The molecule has 2 amide bonds. The van der Waals surface area contributed by atoms with Crippen molar-refractivity contribution < 1.29 is 24.2 Å². The zero-order valence-corrected chi connectivity index (χ0v) is 30.3. The van der Waals surface area contributed by atoms with Crippen molar-refractivity contribution in [3.05, 3.63) is 138 Å². The van der Waals surface area contributed by atoms with Crippen molar-refractivity contribution in [3.8, 4) is 11.1 Å². The Balaban J connectivity index is 1.02. The van der Waals surface area contributed by atoms with Crippen LogP contribution in [0, 0.1) is 0 Å². The van der Waals surface area contributed by atoms with Gasteiger partial charge in [-0.15, -0.1) is 0 Å². The molecule has 1 aliphatic heterocycles. The number of benzene rings is 4. The summed E-state index contributed by atoms with van der Waals surface area (Å²) < 4.78 is 13.1. The highest BCUT2D eigenvalue weighted by molar-refractivity contribution is 7.99. The number of hydrogen-bond donors (Lipinski definition) is 4. The molecule has 0 saturated carbocycles. The van der Waals surface area contributed by atoms with Crippen molar-refractivity contribution in [2.45, 2.75) is 75.3 Å². The lowest BCUT2D eigenvalue weighted by molar-refractivity contribution is -0.245. The third kappa shape index (κ3) is 11.2. The Morgan fingerprint density at radius 2 is 1.51 bits per heavy atom. The van der Waals surface area contributed by atoms with Gasteiger partial charge in [0.05, 0.1) is 30.2 Å². The van der Waals surface area contributed by atoms with Crippen LogP contribution in [0.1, 0.15) is 73.2 Å². The maximum Gasteiger partial charge on any atom is 0.224 e. The monoisotopic (exact) mass is 731 g/mol. The van der Waals surface area contributed by atoms with E-state index in [1.54, 1.807) is 42.4 Å². The maximum absolute atomic E-state index is 12.6. The minimum atomic E-state index is -0.590. The lowest BCUT2D eigenvalue weighted by Gasteiger charge is -2.36. The Morgan fingerprint density at radius 1 is 0.774 bits per heavy atom. The van der Waals surface area contributed by atoms with Gasteiger partial charge in [0, 0.05) is 49.5 Å². The number of aliphatic hydroxyl groups is 1. The van der Waals surface area contributed by atoms with Crippen LogP contribution in [-0.4, -0.2) is 38.7 Å². The van der Waals surface area contributed by atoms with Gasteiger partial charge in [-0.3, -0.25) is 9.59 Å². The second kappa shape index (κ2) is 19.1. The number of aliphatic hydroxyl groups excluding tert-OH is 1. The normalized spacial score (nSPS) is 16.9. The summed E-state index contributed by atoms with van der Waals surface area (Å²) >= 11 is 1.56. The molecule has 274 valence electrons. The fourth-order valence-electron chi connectivity index (χ4n) is 6.14. The van der Waals surface area contributed by atoms with E-state index in [0.717, 1.165) is 39.8 Å². The van der Waals surface area contributed by atoms with Crippen LogP contribution in [0.25, 0.3) is 11.1 Å². The van der Waals surface area contributed by atoms with Gasteiger partial charge in [-0.1, -0.05) is 91.0 Å². The number of aromatic nitrogens is 2. The maximum atomic E-state index is 12.6. The third-order valence-corrected chi connectivity index (χ3v) is 10.0. The van der Waals surface area contributed by atoms with Crippen molar-refractivity contribution >= 4 is 35.0 Å². The van der Waals surface area contributed by atoms with Gasteiger partial charge in [-0.25, -0.2) is 9.97 Å². The number of carbonyl (C=O) groups excluding carboxylic acids is 2. The van der Waals surface area contributed by atoms with Crippen molar-refractivity contribution in [3.63, 3.8) is 0 Å². The number of unbranched alkanes of at least 4 members (excludes halogenated alkanes) is 2. The Labute approximate surface area is 314 Å². The van der Waals surface area contributed by atoms with Crippen LogP contribution in [0.4, 0.5) is 11.4 Å². The van der Waals surface area contributed by atoms with Crippen molar-refractivity contribution in [2.75, 3.05) is 16.8 Å². The molecule has 1 saturated heterocycles. The molecule has 6 rings (SSSR count). The molecule has 0 unspecified atom stereocenters. The number of nitrogens with two attached hydrogens (primary N) is 1. The Hall–Kier alpha value is -5.07. The number of ether oxygens (including phenoxy) is 2. The van der Waals surface area contributed by atoms with Crippen LogP contribution in [0.3, 0.4) is 0 Å². The molecule has 10 nitrogen and oxygen atoms in total. The first kappa shape index (κ1) is 37.7. The number of carbonyl (C=O) groups is 2. The Kier molecular flexibility index (Phi) is 13.6. The van der Waals surface area contributed by atoms with Gasteiger partial charge in [-0.2, -0.15) is 0 Å². The molecule has 1 aromatic heterocycles. The second-order valence-electron chi connectivity index (χ2n) is 13.0. The molecule has 0 aliphatic carbocycles. The number of nitrogen functional groups attached to an aromatic ring is 1. The van der Waals surface area contributed by atoms with Crippen LogP contribution in [0.2, 0.25) is 0 Å². The molecule has 11 heteroatoms. The van der Waals surface area contributed by atoms with E-state index in [2.05, 4.69) is 44.9 Å². The second-order valence-corrected chi connectivity index (χ2v) is 14.0. The molecule has 53 heavy (non-hydrogen) atoms. The first-order chi connectivity index (χ1) is 25.9. The zero-order valence-electron chi connectivity index (χ0n) is 29.5.